The minimum absolute atomic E-state index is 0.0865. The Kier molecular flexibility index (Phi) is 6.53. The maximum Gasteiger partial charge on any atom is 0.412 e. The Labute approximate surface area is 237 Å². The van der Waals surface area contributed by atoms with Crippen molar-refractivity contribution >= 4 is 46.5 Å². The first-order chi connectivity index (χ1) is 18.7. The molecule has 39 heavy (non-hydrogen) atoms. The summed E-state index contributed by atoms with van der Waals surface area (Å²) in [7, 11) is 0. The summed E-state index contributed by atoms with van der Waals surface area (Å²) in [6.45, 7) is 5.79. The minimum Gasteiger partial charge on any atom is -0.444 e. The first kappa shape index (κ1) is 25.7. The number of nitrogens with one attached hydrogen (secondary N) is 1. The normalized spacial score (nSPS) is 21.1. The van der Waals surface area contributed by atoms with Crippen LogP contribution in [-0.4, -0.2) is 35.1 Å². The van der Waals surface area contributed by atoms with Crippen LogP contribution in [-0.2, 0) is 15.9 Å². The van der Waals surface area contributed by atoms with Gasteiger partial charge in [0.25, 0.3) is 0 Å². The van der Waals surface area contributed by atoms with Gasteiger partial charge in [-0.1, -0.05) is 83.9 Å². The number of fused-ring (bicyclic) bond motifs is 5. The van der Waals surface area contributed by atoms with Crippen LogP contribution >= 0.6 is 23.2 Å². The van der Waals surface area contributed by atoms with Gasteiger partial charge in [-0.3, -0.25) is 10.2 Å². The second-order valence-corrected chi connectivity index (χ2v) is 11.5. The van der Waals surface area contributed by atoms with Gasteiger partial charge in [0.15, 0.2) is 11.7 Å². The summed E-state index contributed by atoms with van der Waals surface area (Å²) in [5.74, 6) is 1.31. The van der Waals surface area contributed by atoms with Crippen molar-refractivity contribution in [2.75, 3.05) is 11.6 Å². The van der Waals surface area contributed by atoms with Crippen LogP contribution < -0.4 is 10.3 Å². The number of hydrogen-bond donors (Lipinski definition) is 1. The Balaban J connectivity index is 1.59. The highest BCUT2D eigenvalue weighted by atomic mass is 35.5. The maximum atomic E-state index is 13.2. The number of amidine groups is 1. The van der Waals surface area contributed by atoms with Crippen molar-refractivity contribution in [2.24, 2.45) is 5.10 Å². The van der Waals surface area contributed by atoms with Gasteiger partial charge in [0.05, 0.1) is 27.9 Å². The first-order valence-electron chi connectivity index (χ1n) is 12.8. The molecule has 7 nitrogen and oxygen atoms in total. The lowest BCUT2D eigenvalue weighted by Crippen LogP contribution is -2.46. The molecule has 0 radical (unpaired) electrons. The van der Waals surface area contributed by atoms with Crippen molar-refractivity contribution in [2.45, 2.75) is 44.9 Å². The fourth-order valence-corrected chi connectivity index (χ4v) is 5.90. The van der Waals surface area contributed by atoms with E-state index in [1.165, 1.54) is 5.56 Å². The molecule has 3 aromatic rings. The predicted octanol–water partition coefficient (Wildman–Crippen LogP) is 6.98. The van der Waals surface area contributed by atoms with E-state index in [1.54, 1.807) is 23.2 Å². The molecule has 1 amide bonds. The maximum absolute atomic E-state index is 13.2. The van der Waals surface area contributed by atoms with E-state index in [-0.39, 0.29) is 12.1 Å². The highest BCUT2D eigenvalue weighted by Gasteiger charge is 2.49. The molecule has 1 fully saturated rings. The van der Waals surface area contributed by atoms with Gasteiger partial charge in [0.2, 0.25) is 0 Å². The van der Waals surface area contributed by atoms with E-state index in [0.717, 1.165) is 17.5 Å². The summed E-state index contributed by atoms with van der Waals surface area (Å²) in [4.78, 5) is 15.4. The van der Waals surface area contributed by atoms with Crippen LogP contribution in [0.5, 0.6) is 0 Å². The van der Waals surface area contributed by atoms with Crippen molar-refractivity contribution < 1.29 is 14.3 Å². The Bertz CT molecular complexity index is 1480. The molecule has 6 rings (SSSR count). The Morgan fingerprint density at radius 1 is 1.00 bits per heavy atom. The lowest BCUT2D eigenvalue weighted by atomic mass is 10.0. The summed E-state index contributed by atoms with van der Waals surface area (Å²) in [6, 6.07) is 23.1. The van der Waals surface area contributed by atoms with Gasteiger partial charge in [-0.25, -0.2) is 9.80 Å². The monoisotopic (exact) mass is 562 g/mol. The van der Waals surface area contributed by atoms with Crippen LogP contribution in [0.15, 0.2) is 83.7 Å². The van der Waals surface area contributed by atoms with Crippen LogP contribution in [0.25, 0.3) is 5.70 Å². The largest absolute Gasteiger partial charge is 0.444 e. The topological polar surface area (TPSA) is 66.4 Å². The minimum atomic E-state index is -0.686. The Morgan fingerprint density at radius 3 is 2.41 bits per heavy atom. The summed E-state index contributed by atoms with van der Waals surface area (Å²) >= 11 is 13.5. The first-order valence-corrected chi connectivity index (χ1v) is 13.6. The number of carbonyl (C=O) groups is 1. The third-order valence-corrected chi connectivity index (χ3v) is 7.45. The molecule has 1 aliphatic carbocycles. The number of halogens is 2. The molecule has 3 aromatic carbocycles. The fraction of sp³-hybridized carbons (Fsp3) is 0.267. The number of nitrogens with zero attached hydrogens (tertiary/aromatic N) is 3. The van der Waals surface area contributed by atoms with Crippen molar-refractivity contribution in [3.8, 4) is 0 Å². The van der Waals surface area contributed by atoms with Gasteiger partial charge in [-0.05, 0) is 44.0 Å². The highest BCUT2D eigenvalue weighted by molar-refractivity contribution is 6.39. The molecule has 9 heteroatoms. The van der Waals surface area contributed by atoms with Crippen LogP contribution in [0.1, 0.15) is 43.5 Å². The molecule has 0 saturated carbocycles. The van der Waals surface area contributed by atoms with E-state index in [4.69, 9.17) is 37.8 Å². The predicted molar refractivity (Wildman–Crippen MR) is 154 cm³/mol. The van der Waals surface area contributed by atoms with E-state index in [0.29, 0.717) is 39.7 Å². The van der Waals surface area contributed by atoms with Gasteiger partial charge in [-0.15, -0.1) is 5.10 Å². The zero-order valence-electron chi connectivity index (χ0n) is 21.8. The van der Waals surface area contributed by atoms with Crippen molar-refractivity contribution in [1.82, 2.24) is 10.2 Å². The molecule has 2 atom stereocenters. The second kappa shape index (κ2) is 9.90. The van der Waals surface area contributed by atoms with E-state index in [1.807, 2.05) is 63.2 Å². The van der Waals surface area contributed by atoms with E-state index in [2.05, 4.69) is 22.3 Å². The number of rotatable bonds is 3. The Morgan fingerprint density at radius 2 is 1.69 bits per heavy atom. The number of anilines is 1. The molecule has 0 aromatic heterocycles. The van der Waals surface area contributed by atoms with E-state index in [9.17, 15) is 4.79 Å². The molecule has 2 heterocycles. The zero-order chi connectivity index (χ0) is 27.3. The molecule has 0 bridgehead atoms. The van der Waals surface area contributed by atoms with Crippen molar-refractivity contribution in [3.05, 3.63) is 105 Å². The number of carbonyl (C=O) groups excluding carboxylic acids is 1. The number of morpholine rings is 1. The molecule has 1 N–H and O–H groups in total. The fourth-order valence-electron chi connectivity index (χ4n) is 5.34. The van der Waals surface area contributed by atoms with E-state index >= 15 is 0 Å². The van der Waals surface area contributed by atoms with Gasteiger partial charge >= 0.3 is 6.09 Å². The lowest BCUT2D eigenvalue weighted by molar-refractivity contribution is 0.0130. The number of para-hydroxylation sites is 1. The molecule has 2 aliphatic heterocycles. The lowest BCUT2D eigenvalue weighted by Gasteiger charge is -2.39. The van der Waals surface area contributed by atoms with Gasteiger partial charge < -0.3 is 9.47 Å². The number of amides is 1. The molecule has 0 unspecified atom stereocenters. The van der Waals surface area contributed by atoms with Crippen LogP contribution in [0.2, 0.25) is 10.0 Å². The smallest absolute Gasteiger partial charge is 0.412 e. The van der Waals surface area contributed by atoms with Crippen LogP contribution in [0.4, 0.5) is 10.5 Å². The van der Waals surface area contributed by atoms with Gasteiger partial charge in [0.1, 0.15) is 17.9 Å². The zero-order valence-corrected chi connectivity index (χ0v) is 23.3. The van der Waals surface area contributed by atoms with Gasteiger partial charge in [-0.2, -0.15) is 0 Å². The second-order valence-electron chi connectivity index (χ2n) is 10.7. The van der Waals surface area contributed by atoms with Crippen molar-refractivity contribution in [3.63, 3.8) is 0 Å². The summed E-state index contributed by atoms with van der Waals surface area (Å²) < 4.78 is 12.0. The molecule has 200 valence electrons. The number of hydrazone groups is 1. The molecular formula is C30H28Cl2N4O3. The van der Waals surface area contributed by atoms with Crippen LogP contribution in [0.3, 0.4) is 0 Å². The Hall–Kier alpha value is -3.52. The number of hydrogen-bond acceptors (Lipinski definition) is 6. The third-order valence-electron chi connectivity index (χ3n) is 6.84. The average Bonchev–Trinajstić information content (AvgIpc) is 3.45. The summed E-state index contributed by atoms with van der Waals surface area (Å²) in [5, 5.41) is 10.6. The number of alkyl carbamates (subject to hydrolysis) is 1. The average molecular weight is 563 g/mol. The SMILES string of the molecule is CC(C)(C)OC(=O)N/C(=C1/N(c2c(Cl)cccc2Cl)N=C2CO[C@@H]3Cc4ccccc4[C@@H]3N21)c1ccccc1. The quantitative estimate of drug-likeness (QED) is 0.373. The van der Waals surface area contributed by atoms with Crippen molar-refractivity contribution in [1.29, 1.82) is 0 Å². The summed E-state index contributed by atoms with van der Waals surface area (Å²) in [5.41, 5.74) is 3.50. The molecule has 1 saturated heterocycles. The van der Waals surface area contributed by atoms with Crippen LogP contribution in [0, 0.1) is 0 Å². The standard InChI is InChI=1S/C30H28Cl2N4O3/c1-30(2,3)39-29(37)33-25(18-10-5-4-6-11-18)28-35-24(34-36(28)27-21(31)14-9-15-22(27)32)17-38-23-16-19-12-7-8-13-20(19)26(23)35/h4-15,23,26H,16-17H2,1-3H3,(H,33,37)/b28-25+/t23-,26+/m1/s1. The molecule has 3 aliphatic rings. The number of ether oxygens (including phenoxy) is 2. The molecular weight excluding hydrogens is 535 g/mol. The van der Waals surface area contributed by atoms with Gasteiger partial charge in [0, 0.05) is 12.0 Å². The third kappa shape index (κ3) is 4.75. The summed E-state index contributed by atoms with van der Waals surface area (Å²) in [6.07, 6.45) is 0.117. The molecule has 0 spiro atoms. The van der Waals surface area contributed by atoms with E-state index < -0.39 is 11.7 Å². The highest BCUT2D eigenvalue weighted by Crippen LogP contribution is 2.49. The number of benzene rings is 3.